The molecule has 2 atom stereocenters. The summed E-state index contributed by atoms with van der Waals surface area (Å²) in [5.41, 5.74) is 0. The van der Waals surface area contributed by atoms with E-state index in [0.717, 1.165) is 6.42 Å². The van der Waals surface area contributed by atoms with E-state index < -0.39 is 5.97 Å². The lowest BCUT2D eigenvalue weighted by molar-refractivity contribution is -0.137. The van der Waals surface area contributed by atoms with Crippen LogP contribution >= 0.6 is 11.8 Å². The Kier molecular flexibility index (Phi) is 4.52. The van der Waals surface area contributed by atoms with Crippen molar-refractivity contribution in [3.63, 3.8) is 0 Å². The third kappa shape index (κ3) is 2.60. The van der Waals surface area contributed by atoms with E-state index >= 15 is 0 Å². The van der Waals surface area contributed by atoms with Gasteiger partial charge in [-0.2, -0.15) is 0 Å². The van der Waals surface area contributed by atoms with Crippen LogP contribution in [0.3, 0.4) is 0 Å². The van der Waals surface area contributed by atoms with E-state index in [1.165, 1.54) is 11.8 Å². The summed E-state index contributed by atoms with van der Waals surface area (Å²) in [6, 6.07) is 0. The zero-order valence-electron chi connectivity index (χ0n) is 6.63. The molecule has 10 heavy (non-hydrogen) atoms. The number of hydrogen-bond donors (Lipinski definition) is 1. The molecule has 0 fully saturated rings. The van der Waals surface area contributed by atoms with Crippen molar-refractivity contribution in [3.8, 4) is 0 Å². The van der Waals surface area contributed by atoms with E-state index in [0.29, 0.717) is 0 Å². The second-order valence-electron chi connectivity index (χ2n) is 2.38. The summed E-state index contributed by atoms with van der Waals surface area (Å²) in [6.45, 7) is 3.98. The van der Waals surface area contributed by atoms with Crippen molar-refractivity contribution in [2.45, 2.75) is 25.5 Å². The van der Waals surface area contributed by atoms with Gasteiger partial charge in [0.15, 0.2) is 0 Å². The molecular weight excluding hydrogens is 148 g/mol. The first-order valence-corrected chi connectivity index (χ1v) is 4.67. The topological polar surface area (TPSA) is 37.3 Å². The van der Waals surface area contributed by atoms with E-state index in [4.69, 9.17) is 5.11 Å². The summed E-state index contributed by atoms with van der Waals surface area (Å²) in [5.74, 6) is -0.422. The summed E-state index contributed by atoms with van der Waals surface area (Å²) >= 11 is 1.41. The molecule has 0 amide bonds. The van der Waals surface area contributed by atoms with Gasteiger partial charge < -0.3 is 5.11 Å². The lowest BCUT2D eigenvalue weighted by atomic mass is 10.1. The fourth-order valence-corrected chi connectivity index (χ4v) is 1.65. The minimum atomic E-state index is -0.693. The van der Waals surface area contributed by atoms with Crippen LogP contribution in [0.4, 0.5) is 0 Å². The molecule has 0 aliphatic heterocycles. The number of thioether (sulfide) groups is 1. The Labute approximate surface area is 66.0 Å². The van der Waals surface area contributed by atoms with Crippen LogP contribution in [0.25, 0.3) is 0 Å². The molecule has 0 aliphatic carbocycles. The van der Waals surface area contributed by atoms with Gasteiger partial charge in [-0.3, -0.25) is 4.79 Å². The maximum Gasteiger partial charge on any atom is 0.316 e. The Morgan fingerprint density at radius 2 is 2.20 bits per heavy atom. The van der Waals surface area contributed by atoms with Gasteiger partial charge in [-0.05, 0) is 12.2 Å². The molecular formula is C7H14O2S. The number of hydrogen-bond acceptors (Lipinski definition) is 2. The maximum atomic E-state index is 10.5. The molecule has 0 rings (SSSR count). The highest BCUT2D eigenvalue weighted by Gasteiger charge is 2.21. The van der Waals surface area contributed by atoms with Gasteiger partial charge >= 0.3 is 5.97 Å². The van der Waals surface area contributed by atoms with Gasteiger partial charge in [0.25, 0.3) is 0 Å². The minimum Gasteiger partial charge on any atom is -0.480 e. The molecule has 60 valence electrons. The van der Waals surface area contributed by atoms with Crippen LogP contribution in [0.15, 0.2) is 0 Å². The first kappa shape index (κ1) is 9.82. The highest BCUT2D eigenvalue weighted by atomic mass is 32.2. The van der Waals surface area contributed by atoms with Gasteiger partial charge in [0.05, 0.1) is 0 Å². The van der Waals surface area contributed by atoms with Gasteiger partial charge in [0.2, 0.25) is 0 Å². The molecule has 0 heterocycles. The minimum absolute atomic E-state index is 0.231. The van der Waals surface area contributed by atoms with Crippen molar-refractivity contribution < 1.29 is 9.90 Å². The van der Waals surface area contributed by atoms with Crippen LogP contribution in [0.2, 0.25) is 0 Å². The van der Waals surface area contributed by atoms with Crippen LogP contribution in [0.1, 0.15) is 20.3 Å². The van der Waals surface area contributed by atoms with Crippen molar-refractivity contribution in [3.05, 3.63) is 0 Å². The molecule has 2 nitrogen and oxygen atoms in total. The molecule has 0 aliphatic rings. The summed E-state index contributed by atoms with van der Waals surface area (Å²) in [7, 11) is 0. The van der Waals surface area contributed by atoms with Crippen LogP contribution in [0, 0.1) is 5.92 Å². The zero-order valence-corrected chi connectivity index (χ0v) is 7.44. The van der Waals surface area contributed by atoms with Gasteiger partial charge in [0, 0.05) is 0 Å². The Morgan fingerprint density at radius 3 is 2.30 bits per heavy atom. The summed E-state index contributed by atoms with van der Waals surface area (Å²) in [5, 5.41) is 8.42. The fraction of sp³-hybridized carbons (Fsp3) is 0.857. The van der Waals surface area contributed by atoms with Crippen molar-refractivity contribution in [1.29, 1.82) is 0 Å². The Morgan fingerprint density at radius 1 is 1.70 bits per heavy atom. The van der Waals surface area contributed by atoms with E-state index in [9.17, 15) is 4.79 Å². The molecule has 1 N–H and O–H groups in total. The predicted molar refractivity (Wildman–Crippen MR) is 44.4 cm³/mol. The van der Waals surface area contributed by atoms with E-state index in [2.05, 4.69) is 0 Å². The molecule has 3 heteroatoms. The Balaban J connectivity index is 3.92. The monoisotopic (exact) mass is 162 g/mol. The Hall–Kier alpha value is -0.180. The van der Waals surface area contributed by atoms with E-state index in [-0.39, 0.29) is 11.2 Å². The van der Waals surface area contributed by atoms with E-state index in [1.54, 1.807) is 0 Å². The normalized spacial score (nSPS) is 16.3. The first-order valence-electron chi connectivity index (χ1n) is 3.39. The van der Waals surface area contributed by atoms with Gasteiger partial charge in [-0.1, -0.05) is 20.3 Å². The smallest absolute Gasteiger partial charge is 0.316 e. The second kappa shape index (κ2) is 4.61. The van der Waals surface area contributed by atoms with Crippen molar-refractivity contribution >= 4 is 17.7 Å². The zero-order chi connectivity index (χ0) is 8.15. The SMILES string of the molecule is CCC(C)C(SC)C(=O)O. The number of carboxylic acids is 1. The molecule has 0 aromatic heterocycles. The number of carboxylic acid groups (broad SMARTS) is 1. The first-order chi connectivity index (χ1) is 4.63. The average molecular weight is 162 g/mol. The lowest BCUT2D eigenvalue weighted by Gasteiger charge is -2.15. The highest BCUT2D eigenvalue weighted by molar-refractivity contribution is 7.99. The number of aliphatic carboxylic acids is 1. The van der Waals surface area contributed by atoms with Crippen molar-refractivity contribution in [1.82, 2.24) is 0 Å². The third-order valence-electron chi connectivity index (χ3n) is 1.66. The lowest BCUT2D eigenvalue weighted by Crippen LogP contribution is -2.23. The molecule has 0 bridgehead atoms. The van der Waals surface area contributed by atoms with Crippen LogP contribution < -0.4 is 0 Å². The highest BCUT2D eigenvalue weighted by Crippen LogP contribution is 2.19. The Bertz CT molecular complexity index is 114. The number of carbonyl (C=O) groups is 1. The van der Waals surface area contributed by atoms with Crippen LogP contribution in [-0.2, 0) is 4.79 Å². The van der Waals surface area contributed by atoms with Gasteiger partial charge in [0.1, 0.15) is 5.25 Å². The molecule has 0 saturated heterocycles. The molecule has 0 saturated carbocycles. The molecule has 2 unspecified atom stereocenters. The summed E-state index contributed by atoms with van der Waals surface area (Å²) in [4.78, 5) is 10.5. The molecule has 0 radical (unpaired) electrons. The number of rotatable bonds is 4. The largest absolute Gasteiger partial charge is 0.480 e. The standard InChI is InChI=1S/C7H14O2S/c1-4-5(2)6(10-3)7(8)9/h5-6H,4H2,1-3H3,(H,8,9). The van der Waals surface area contributed by atoms with Gasteiger partial charge in [-0.25, -0.2) is 0 Å². The maximum absolute atomic E-state index is 10.5. The van der Waals surface area contributed by atoms with Crippen LogP contribution in [0.5, 0.6) is 0 Å². The molecule has 0 spiro atoms. The fourth-order valence-electron chi connectivity index (χ4n) is 0.791. The van der Waals surface area contributed by atoms with Crippen molar-refractivity contribution in [2.24, 2.45) is 5.92 Å². The second-order valence-corrected chi connectivity index (χ2v) is 3.36. The predicted octanol–water partition coefficient (Wildman–Crippen LogP) is 1.85. The molecule has 0 aromatic rings. The van der Waals surface area contributed by atoms with Crippen molar-refractivity contribution in [2.75, 3.05) is 6.26 Å². The summed E-state index contributed by atoms with van der Waals surface area (Å²) < 4.78 is 0. The van der Waals surface area contributed by atoms with Gasteiger partial charge in [-0.15, -0.1) is 11.8 Å². The summed E-state index contributed by atoms with van der Waals surface area (Å²) in [6.07, 6.45) is 2.77. The van der Waals surface area contributed by atoms with E-state index in [1.807, 2.05) is 20.1 Å². The van der Waals surface area contributed by atoms with Crippen LogP contribution in [-0.4, -0.2) is 22.6 Å². The third-order valence-corrected chi connectivity index (χ3v) is 2.83. The molecule has 0 aromatic carbocycles. The quantitative estimate of drug-likeness (QED) is 0.685. The average Bonchev–Trinajstić information content (AvgIpc) is 1.88.